The Kier molecular flexibility index (Phi) is 4.05. The third-order valence-electron chi connectivity index (χ3n) is 4.43. The second kappa shape index (κ2) is 5.85. The van der Waals surface area contributed by atoms with E-state index in [1.165, 1.54) is 33.8 Å². The number of aromatic hydroxyl groups is 1. The standard InChI is InChI=1S/C20H22OS/c1-14(12-15-4-7-17(21)8-5-15)16-6-9-18-19(13-16)22-11-10-20(18,2)3/h4-9,12-13,21H,10-11H2,1-3H3/b14-12+. The number of phenols is 1. The molecule has 0 amide bonds. The van der Waals surface area contributed by atoms with Gasteiger partial charge in [-0.15, -0.1) is 11.8 Å². The van der Waals surface area contributed by atoms with Crippen molar-refractivity contribution in [3.05, 3.63) is 59.2 Å². The summed E-state index contributed by atoms with van der Waals surface area (Å²) < 4.78 is 0. The Morgan fingerprint density at radius 3 is 2.59 bits per heavy atom. The first-order valence-corrected chi connectivity index (χ1v) is 8.69. The number of benzene rings is 2. The lowest BCUT2D eigenvalue weighted by atomic mass is 9.81. The number of thioether (sulfide) groups is 1. The summed E-state index contributed by atoms with van der Waals surface area (Å²) in [6.45, 7) is 6.82. The minimum atomic E-state index is 0.285. The Labute approximate surface area is 137 Å². The van der Waals surface area contributed by atoms with Gasteiger partial charge in [-0.05, 0) is 65.0 Å². The molecule has 1 aliphatic rings. The van der Waals surface area contributed by atoms with Gasteiger partial charge in [0.15, 0.2) is 0 Å². The Balaban J connectivity index is 1.94. The molecule has 1 nitrogen and oxygen atoms in total. The number of allylic oxidation sites excluding steroid dienone is 1. The number of hydrogen-bond donors (Lipinski definition) is 1. The van der Waals surface area contributed by atoms with Gasteiger partial charge in [-0.1, -0.05) is 44.2 Å². The lowest BCUT2D eigenvalue weighted by molar-refractivity contribution is 0.475. The number of hydrogen-bond acceptors (Lipinski definition) is 2. The highest BCUT2D eigenvalue weighted by molar-refractivity contribution is 7.99. The van der Waals surface area contributed by atoms with Gasteiger partial charge in [0.1, 0.15) is 5.75 Å². The fraction of sp³-hybridized carbons (Fsp3) is 0.300. The lowest BCUT2D eigenvalue weighted by Crippen LogP contribution is -2.22. The first-order valence-electron chi connectivity index (χ1n) is 7.71. The normalized spacial score (nSPS) is 17.1. The van der Waals surface area contributed by atoms with Crippen molar-refractivity contribution in [2.24, 2.45) is 0 Å². The van der Waals surface area contributed by atoms with E-state index in [-0.39, 0.29) is 5.41 Å². The summed E-state index contributed by atoms with van der Waals surface area (Å²) in [7, 11) is 0. The van der Waals surface area contributed by atoms with Crippen LogP contribution < -0.4 is 0 Å². The van der Waals surface area contributed by atoms with E-state index >= 15 is 0 Å². The predicted octanol–water partition coefficient (Wildman–Crippen LogP) is 5.73. The molecule has 0 radical (unpaired) electrons. The zero-order valence-corrected chi connectivity index (χ0v) is 14.2. The topological polar surface area (TPSA) is 20.2 Å². The number of fused-ring (bicyclic) bond motifs is 1. The highest BCUT2D eigenvalue weighted by Crippen LogP contribution is 2.42. The third kappa shape index (κ3) is 3.07. The largest absolute Gasteiger partial charge is 0.508 e. The fourth-order valence-electron chi connectivity index (χ4n) is 2.90. The van der Waals surface area contributed by atoms with Crippen LogP contribution in [0.3, 0.4) is 0 Å². The van der Waals surface area contributed by atoms with Crippen LogP contribution in [0.1, 0.15) is 43.9 Å². The van der Waals surface area contributed by atoms with Crippen molar-refractivity contribution in [3.63, 3.8) is 0 Å². The van der Waals surface area contributed by atoms with Gasteiger partial charge in [-0.2, -0.15) is 0 Å². The van der Waals surface area contributed by atoms with Gasteiger partial charge >= 0.3 is 0 Å². The molecule has 0 aliphatic carbocycles. The van der Waals surface area contributed by atoms with Crippen LogP contribution in [0.2, 0.25) is 0 Å². The first kappa shape index (κ1) is 15.2. The molecule has 2 aromatic rings. The van der Waals surface area contributed by atoms with Gasteiger partial charge in [-0.25, -0.2) is 0 Å². The van der Waals surface area contributed by atoms with Crippen molar-refractivity contribution < 1.29 is 5.11 Å². The molecule has 22 heavy (non-hydrogen) atoms. The van der Waals surface area contributed by atoms with Crippen molar-refractivity contribution in [3.8, 4) is 5.75 Å². The van der Waals surface area contributed by atoms with Crippen molar-refractivity contribution >= 4 is 23.4 Å². The van der Waals surface area contributed by atoms with Gasteiger partial charge in [0.2, 0.25) is 0 Å². The highest BCUT2D eigenvalue weighted by Gasteiger charge is 2.27. The monoisotopic (exact) mass is 310 g/mol. The molecule has 2 aromatic carbocycles. The van der Waals surface area contributed by atoms with Crippen LogP contribution in [0.15, 0.2) is 47.4 Å². The minimum Gasteiger partial charge on any atom is -0.508 e. The molecule has 1 heterocycles. The van der Waals surface area contributed by atoms with Crippen LogP contribution in [-0.4, -0.2) is 10.9 Å². The summed E-state index contributed by atoms with van der Waals surface area (Å²) >= 11 is 1.97. The van der Waals surface area contributed by atoms with Crippen molar-refractivity contribution in [2.75, 3.05) is 5.75 Å². The zero-order chi connectivity index (χ0) is 15.7. The van der Waals surface area contributed by atoms with Crippen LogP contribution in [0.4, 0.5) is 0 Å². The van der Waals surface area contributed by atoms with Gasteiger partial charge in [0, 0.05) is 4.90 Å². The first-order chi connectivity index (χ1) is 10.5. The molecule has 0 atom stereocenters. The molecule has 2 heteroatoms. The quantitative estimate of drug-likeness (QED) is 0.715. The second-order valence-electron chi connectivity index (χ2n) is 6.61. The predicted molar refractivity (Wildman–Crippen MR) is 96.5 cm³/mol. The summed E-state index contributed by atoms with van der Waals surface area (Å²) in [5.74, 6) is 1.51. The maximum absolute atomic E-state index is 9.37. The van der Waals surface area contributed by atoms with E-state index in [2.05, 4.69) is 45.0 Å². The van der Waals surface area contributed by atoms with E-state index < -0.39 is 0 Å². The van der Waals surface area contributed by atoms with Crippen molar-refractivity contribution in [2.45, 2.75) is 37.5 Å². The van der Waals surface area contributed by atoms with Crippen LogP contribution in [0.25, 0.3) is 11.6 Å². The van der Waals surface area contributed by atoms with E-state index in [1.54, 1.807) is 12.1 Å². The summed E-state index contributed by atoms with van der Waals surface area (Å²) in [5, 5.41) is 9.37. The van der Waals surface area contributed by atoms with E-state index in [1.807, 2.05) is 23.9 Å². The SMILES string of the molecule is C/C(=C\c1ccc(O)cc1)c1ccc2c(c1)SCCC2(C)C. The summed E-state index contributed by atoms with van der Waals surface area (Å²) in [6, 6.07) is 14.2. The van der Waals surface area contributed by atoms with Gasteiger partial charge < -0.3 is 5.11 Å². The molecule has 0 fully saturated rings. The maximum atomic E-state index is 9.37. The Hall–Kier alpha value is -1.67. The van der Waals surface area contributed by atoms with Gasteiger partial charge in [0.25, 0.3) is 0 Å². The molecule has 0 saturated carbocycles. The van der Waals surface area contributed by atoms with Crippen molar-refractivity contribution in [1.82, 2.24) is 0 Å². The van der Waals surface area contributed by atoms with Crippen LogP contribution in [-0.2, 0) is 5.41 Å². The highest BCUT2D eigenvalue weighted by atomic mass is 32.2. The molecular weight excluding hydrogens is 288 g/mol. The van der Waals surface area contributed by atoms with E-state index in [0.29, 0.717) is 5.75 Å². The lowest BCUT2D eigenvalue weighted by Gasteiger charge is -2.32. The van der Waals surface area contributed by atoms with Gasteiger partial charge in [0.05, 0.1) is 0 Å². The van der Waals surface area contributed by atoms with Crippen LogP contribution in [0, 0.1) is 0 Å². The molecule has 114 valence electrons. The Morgan fingerprint density at radius 2 is 1.86 bits per heavy atom. The van der Waals surface area contributed by atoms with Crippen LogP contribution in [0.5, 0.6) is 5.75 Å². The van der Waals surface area contributed by atoms with Crippen LogP contribution >= 0.6 is 11.8 Å². The summed E-state index contributed by atoms with van der Waals surface area (Å²) in [5.41, 5.74) is 5.40. The van der Waals surface area contributed by atoms with Crippen molar-refractivity contribution in [1.29, 1.82) is 0 Å². The summed E-state index contributed by atoms with van der Waals surface area (Å²) in [4.78, 5) is 1.42. The molecule has 3 rings (SSSR count). The summed E-state index contributed by atoms with van der Waals surface area (Å²) in [6.07, 6.45) is 3.41. The second-order valence-corrected chi connectivity index (χ2v) is 7.75. The third-order valence-corrected chi connectivity index (χ3v) is 5.48. The maximum Gasteiger partial charge on any atom is 0.115 e. The van der Waals surface area contributed by atoms with E-state index in [4.69, 9.17) is 0 Å². The Bertz CT molecular complexity index is 711. The average Bonchev–Trinajstić information content (AvgIpc) is 2.49. The van der Waals surface area contributed by atoms with E-state index in [0.717, 1.165) is 5.56 Å². The number of rotatable bonds is 2. The molecule has 0 saturated heterocycles. The molecule has 1 aliphatic heterocycles. The molecule has 1 N–H and O–H groups in total. The minimum absolute atomic E-state index is 0.285. The smallest absolute Gasteiger partial charge is 0.115 e. The van der Waals surface area contributed by atoms with E-state index in [9.17, 15) is 5.11 Å². The molecule has 0 spiro atoms. The Morgan fingerprint density at radius 1 is 1.14 bits per heavy atom. The van der Waals surface area contributed by atoms with Gasteiger partial charge in [-0.3, -0.25) is 0 Å². The molecule has 0 bridgehead atoms. The zero-order valence-electron chi connectivity index (χ0n) is 13.4. The average molecular weight is 310 g/mol. The molecular formula is C20H22OS. The fourth-order valence-corrected chi connectivity index (χ4v) is 4.44. The number of phenolic OH excluding ortho intramolecular Hbond substituents is 1. The molecule has 0 aromatic heterocycles. The molecule has 0 unspecified atom stereocenters.